The van der Waals surface area contributed by atoms with Crippen molar-refractivity contribution < 1.29 is 19.8 Å². The minimum atomic E-state index is -1.11. The van der Waals surface area contributed by atoms with E-state index in [1.54, 1.807) is 12.1 Å². The lowest BCUT2D eigenvalue weighted by atomic mass is 10.1. The highest BCUT2D eigenvalue weighted by Gasteiger charge is 2.16. The third kappa shape index (κ3) is 4.92. The predicted molar refractivity (Wildman–Crippen MR) is 62.3 cm³/mol. The second-order valence-electron chi connectivity index (χ2n) is 3.48. The first-order valence-electron chi connectivity index (χ1n) is 5.12. The van der Waals surface area contributed by atoms with Crippen molar-refractivity contribution in [3.05, 3.63) is 35.9 Å². The molecule has 0 aromatic heterocycles. The normalized spacial score (nSPS) is 12.5. The van der Waals surface area contributed by atoms with Crippen LogP contribution in [0.1, 0.15) is 18.4 Å². The number of carbonyl (C=O) groups is 2. The van der Waals surface area contributed by atoms with E-state index >= 15 is 0 Å². The van der Waals surface area contributed by atoms with Crippen molar-refractivity contribution in [1.29, 1.82) is 0 Å². The van der Waals surface area contributed by atoms with Crippen molar-refractivity contribution in [2.45, 2.75) is 18.9 Å². The van der Waals surface area contributed by atoms with Crippen molar-refractivity contribution in [3.8, 4) is 0 Å². The van der Waals surface area contributed by atoms with Crippen LogP contribution in [0, 0.1) is 0 Å². The zero-order valence-corrected chi connectivity index (χ0v) is 9.11. The van der Waals surface area contributed by atoms with Gasteiger partial charge in [-0.3, -0.25) is 9.79 Å². The average molecular weight is 235 g/mol. The summed E-state index contributed by atoms with van der Waals surface area (Å²) >= 11 is 0. The van der Waals surface area contributed by atoms with Crippen LogP contribution < -0.4 is 0 Å². The highest BCUT2D eigenvalue weighted by Crippen LogP contribution is 2.04. The minimum Gasteiger partial charge on any atom is -0.481 e. The lowest BCUT2D eigenvalue weighted by Gasteiger charge is -2.04. The van der Waals surface area contributed by atoms with Crippen molar-refractivity contribution >= 4 is 18.2 Å². The fourth-order valence-electron chi connectivity index (χ4n) is 1.24. The summed E-state index contributed by atoms with van der Waals surface area (Å²) < 4.78 is 0. The second-order valence-corrected chi connectivity index (χ2v) is 3.48. The summed E-state index contributed by atoms with van der Waals surface area (Å²) in [4.78, 5) is 25.1. The van der Waals surface area contributed by atoms with Gasteiger partial charge in [-0.05, 0) is 12.0 Å². The molecule has 0 heterocycles. The topological polar surface area (TPSA) is 87.0 Å². The predicted octanol–water partition coefficient (Wildman–Crippen LogP) is 1.42. The van der Waals surface area contributed by atoms with Crippen molar-refractivity contribution in [2.75, 3.05) is 0 Å². The van der Waals surface area contributed by atoms with Gasteiger partial charge in [-0.15, -0.1) is 0 Å². The maximum atomic E-state index is 10.8. The average Bonchev–Trinajstić information content (AvgIpc) is 2.29. The first-order chi connectivity index (χ1) is 8.09. The Kier molecular flexibility index (Phi) is 4.87. The van der Waals surface area contributed by atoms with Crippen LogP contribution in [0.3, 0.4) is 0 Å². The van der Waals surface area contributed by atoms with Crippen molar-refractivity contribution in [3.63, 3.8) is 0 Å². The number of benzene rings is 1. The van der Waals surface area contributed by atoms with Crippen LogP contribution in [0.15, 0.2) is 35.3 Å². The maximum Gasteiger partial charge on any atom is 0.328 e. The van der Waals surface area contributed by atoms with E-state index in [0.717, 1.165) is 5.56 Å². The molecule has 0 aliphatic heterocycles. The lowest BCUT2D eigenvalue weighted by molar-refractivity contribution is -0.139. The van der Waals surface area contributed by atoms with Crippen LogP contribution in [0.2, 0.25) is 0 Å². The number of carboxylic acids is 2. The Morgan fingerprint density at radius 2 is 1.88 bits per heavy atom. The van der Waals surface area contributed by atoms with Crippen LogP contribution in [0.25, 0.3) is 0 Å². The van der Waals surface area contributed by atoms with E-state index in [0.29, 0.717) is 0 Å². The molecule has 1 rings (SSSR count). The van der Waals surface area contributed by atoms with Gasteiger partial charge in [0.25, 0.3) is 0 Å². The third-order valence-electron chi connectivity index (χ3n) is 2.12. The highest BCUT2D eigenvalue weighted by molar-refractivity contribution is 5.83. The first-order valence-corrected chi connectivity index (χ1v) is 5.12. The molecule has 0 aliphatic carbocycles. The van der Waals surface area contributed by atoms with E-state index in [9.17, 15) is 9.59 Å². The third-order valence-corrected chi connectivity index (χ3v) is 2.12. The molecule has 17 heavy (non-hydrogen) atoms. The molecule has 1 aromatic carbocycles. The van der Waals surface area contributed by atoms with Gasteiger partial charge < -0.3 is 10.2 Å². The molecule has 0 radical (unpaired) electrons. The summed E-state index contributed by atoms with van der Waals surface area (Å²) in [7, 11) is 0. The fourth-order valence-corrected chi connectivity index (χ4v) is 1.24. The number of hydrogen-bond donors (Lipinski definition) is 2. The number of nitrogens with zero attached hydrogens (tertiary/aromatic N) is 1. The number of aliphatic carboxylic acids is 2. The summed E-state index contributed by atoms with van der Waals surface area (Å²) in [5.74, 6) is -2.13. The van der Waals surface area contributed by atoms with Crippen LogP contribution in [-0.4, -0.2) is 34.4 Å². The van der Waals surface area contributed by atoms with Crippen molar-refractivity contribution in [2.24, 2.45) is 4.99 Å². The SMILES string of the molecule is O=C(O)CC[C@H](/N=C\c1ccccc1)C(=O)O. The van der Waals surface area contributed by atoms with Crippen LogP contribution in [0.5, 0.6) is 0 Å². The molecule has 0 saturated carbocycles. The summed E-state index contributed by atoms with van der Waals surface area (Å²) in [6, 6.07) is 8.05. The van der Waals surface area contributed by atoms with Crippen LogP contribution in [-0.2, 0) is 9.59 Å². The second kappa shape index (κ2) is 6.42. The van der Waals surface area contributed by atoms with E-state index in [2.05, 4.69) is 4.99 Å². The Hall–Kier alpha value is -2.17. The molecule has 1 aromatic rings. The highest BCUT2D eigenvalue weighted by atomic mass is 16.4. The molecule has 90 valence electrons. The molecule has 0 aliphatic rings. The number of carboxylic acid groups (broad SMARTS) is 2. The number of hydrogen-bond acceptors (Lipinski definition) is 3. The summed E-state index contributed by atoms with van der Waals surface area (Å²) in [5.41, 5.74) is 0.786. The van der Waals surface area contributed by atoms with Gasteiger partial charge in [-0.2, -0.15) is 0 Å². The molecule has 0 saturated heterocycles. The van der Waals surface area contributed by atoms with E-state index in [1.165, 1.54) is 6.21 Å². The number of rotatable bonds is 6. The maximum absolute atomic E-state index is 10.8. The van der Waals surface area contributed by atoms with E-state index < -0.39 is 18.0 Å². The molecule has 5 heteroatoms. The molecule has 0 amide bonds. The molecular formula is C12H13NO4. The van der Waals surface area contributed by atoms with Gasteiger partial charge in [0, 0.05) is 12.6 Å². The standard InChI is InChI=1S/C12H13NO4/c14-11(15)7-6-10(12(16)17)13-8-9-4-2-1-3-5-9/h1-5,8,10H,6-7H2,(H,14,15)(H,16,17)/b13-8-/t10-/m0/s1. The fraction of sp³-hybridized carbons (Fsp3) is 0.250. The van der Waals surface area contributed by atoms with Gasteiger partial charge >= 0.3 is 11.9 Å². The Morgan fingerprint density at radius 1 is 1.24 bits per heavy atom. The van der Waals surface area contributed by atoms with Gasteiger partial charge in [0.1, 0.15) is 6.04 Å². The van der Waals surface area contributed by atoms with Gasteiger partial charge in [0.05, 0.1) is 0 Å². The monoisotopic (exact) mass is 235 g/mol. The smallest absolute Gasteiger partial charge is 0.328 e. The summed E-state index contributed by atoms with van der Waals surface area (Å²) in [6.45, 7) is 0. The van der Waals surface area contributed by atoms with Crippen LogP contribution in [0.4, 0.5) is 0 Å². The summed E-state index contributed by atoms with van der Waals surface area (Å²) in [5, 5.41) is 17.3. The molecule has 2 N–H and O–H groups in total. The zero-order valence-electron chi connectivity index (χ0n) is 9.11. The Balaban J connectivity index is 2.63. The molecule has 1 atom stereocenters. The van der Waals surface area contributed by atoms with Crippen LogP contribution >= 0.6 is 0 Å². The Morgan fingerprint density at radius 3 is 2.41 bits per heavy atom. The number of aliphatic imine (C=N–C) groups is 1. The zero-order chi connectivity index (χ0) is 12.7. The van der Waals surface area contributed by atoms with Crippen molar-refractivity contribution in [1.82, 2.24) is 0 Å². The van der Waals surface area contributed by atoms with Gasteiger partial charge in [-0.1, -0.05) is 30.3 Å². The molecular weight excluding hydrogens is 222 g/mol. The molecule has 0 fully saturated rings. The van der Waals surface area contributed by atoms with Gasteiger partial charge in [-0.25, -0.2) is 4.79 Å². The Bertz CT molecular complexity index is 414. The first kappa shape index (κ1) is 12.9. The molecule has 5 nitrogen and oxygen atoms in total. The quantitative estimate of drug-likeness (QED) is 0.730. The van der Waals surface area contributed by atoms with E-state index in [1.807, 2.05) is 18.2 Å². The lowest BCUT2D eigenvalue weighted by Crippen LogP contribution is -2.19. The van der Waals surface area contributed by atoms with Gasteiger partial charge in [0.15, 0.2) is 0 Å². The van der Waals surface area contributed by atoms with E-state index in [4.69, 9.17) is 10.2 Å². The Labute approximate surface area is 98.4 Å². The summed E-state index contributed by atoms with van der Waals surface area (Å²) in [6.07, 6.45) is 1.23. The molecule has 0 unspecified atom stereocenters. The minimum absolute atomic E-state index is 0.00595. The van der Waals surface area contributed by atoms with E-state index in [-0.39, 0.29) is 12.8 Å². The molecule has 0 spiro atoms. The largest absolute Gasteiger partial charge is 0.481 e. The molecule has 0 bridgehead atoms. The van der Waals surface area contributed by atoms with Gasteiger partial charge in [0.2, 0.25) is 0 Å².